The first-order valence-corrected chi connectivity index (χ1v) is 8.02. The molecule has 102 valence electrons. The van der Waals surface area contributed by atoms with E-state index in [0.717, 1.165) is 20.7 Å². The SMILES string of the molecule is Nc1cn(-c2ccc(Cl)c(Cl)c2)nc1-c1cc(Br)cs1. The van der Waals surface area contributed by atoms with Gasteiger partial charge in [0.25, 0.3) is 0 Å². The fourth-order valence-electron chi connectivity index (χ4n) is 1.78. The third kappa shape index (κ3) is 2.59. The minimum atomic E-state index is 0.485. The van der Waals surface area contributed by atoms with E-state index < -0.39 is 0 Å². The lowest BCUT2D eigenvalue weighted by atomic mass is 10.3. The fraction of sp³-hybridized carbons (Fsp3) is 0. The number of nitrogen functional groups attached to an aromatic ring is 1. The van der Waals surface area contributed by atoms with E-state index in [4.69, 9.17) is 28.9 Å². The van der Waals surface area contributed by atoms with Crippen LogP contribution in [0.5, 0.6) is 0 Å². The summed E-state index contributed by atoms with van der Waals surface area (Å²) in [4.78, 5) is 1.01. The van der Waals surface area contributed by atoms with Gasteiger partial charge in [-0.1, -0.05) is 23.2 Å². The Balaban J connectivity index is 2.06. The number of aromatic nitrogens is 2. The minimum absolute atomic E-state index is 0.485. The number of nitrogens with two attached hydrogens (primary N) is 1. The van der Waals surface area contributed by atoms with Crippen LogP contribution in [0.2, 0.25) is 10.0 Å². The Bertz CT molecular complexity index is 782. The molecule has 0 radical (unpaired) electrons. The molecule has 2 heterocycles. The molecule has 0 amide bonds. The van der Waals surface area contributed by atoms with Crippen molar-refractivity contribution >= 4 is 56.2 Å². The summed E-state index contributed by atoms with van der Waals surface area (Å²) in [7, 11) is 0. The molecule has 0 aliphatic rings. The van der Waals surface area contributed by atoms with Gasteiger partial charge in [-0.15, -0.1) is 11.3 Å². The second-order valence-corrected chi connectivity index (χ2v) is 6.75. The second-order valence-electron chi connectivity index (χ2n) is 4.11. The number of nitrogens with zero attached hydrogens (tertiary/aromatic N) is 2. The summed E-state index contributed by atoms with van der Waals surface area (Å²) >= 11 is 16.9. The molecule has 0 bridgehead atoms. The van der Waals surface area contributed by atoms with Gasteiger partial charge in [0.15, 0.2) is 0 Å². The predicted octanol–water partition coefficient (Wildman–Crippen LogP) is 5.25. The van der Waals surface area contributed by atoms with E-state index in [1.807, 2.05) is 17.5 Å². The normalized spacial score (nSPS) is 10.9. The quantitative estimate of drug-likeness (QED) is 0.651. The summed E-state index contributed by atoms with van der Waals surface area (Å²) in [6, 6.07) is 7.32. The van der Waals surface area contributed by atoms with Crippen LogP contribution < -0.4 is 5.73 Å². The van der Waals surface area contributed by atoms with Crippen molar-refractivity contribution in [2.24, 2.45) is 0 Å². The maximum absolute atomic E-state index is 6.04. The van der Waals surface area contributed by atoms with Crippen molar-refractivity contribution < 1.29 is 0 Å². The van der Waals surface area contributed by atoms with Crippen molar-refractivity contribution in [3.8, 4) is 16.3 Å². The highest BCUT2D eigenvalue weighted by Gasteiger charge is 2.12. The van der Waals surface area contributed by atoms with Crippen LogP contribution in [0.3, 0.4) is 0 Å². The van der Waals surface area contributed by atoms with Crippen LogP contribution in [-0.4, -0.2) is 9.78 Å². The second kappa shape index (κ2) is 5.41. The molecule has 0 saturated carbocycles. The summed E-state index contributed by atoms with van der Waals surface area (Å²) in [5.41, 5.74) is 8.22. The molecule has 0 aliphatic carbocycles. The Morgan fingerprint density at radius 2 is 2.00 bits per heavy atom. The number of benzene rings is 1. The molecule has 0 spiro atoms. The zero-order valence-electron chi connectivity index (χ0n) is 9.98. The molecular weight excluding hydrogens is 381 g/mol. The Hall–Kier alpha value is -1.01. The monoisotopic (exact) mass is 387 g/mol. The van der Waals surface area contributed by atoms with E-state index in [-0.39, 0.29) is 0 Å². The third-order valence-corrected chi connectivity index (χ3v) is 5.15. The van der Waals surface area contributed by atoms with E-state index >= 15 is 0 Å². The molecule has 3 aromatic rings. The van der Waals surface area contributed by atoms with Gasteiger partial charge in [0.1, 0.15) is 5.69 Å². The summed E-state index contributed by atoms with van der Waals surface area (Å²) in [6.07, 6.45) is 1.77. The largest absolute Gasteiger partial charge is 0.396 e. The highest BCUT2D eigenvalue weighted by molar-refractivity contribution is 9.10. The van der Waals surface area contributed by atoms with Crippen LogP contribution in [0.1, 0.15) is 0 Å². The van der Waals surface area contributed by atoms with Gasteiger partial charge in [0.2, 0.25) is 0 Å². The molecule has 2 aromatic heterocycles. The zero-order chi connectivity index (χ0) is 14.3. The van der Waals surface area contributed by atoms with Crippen molar-refractivity contribution in [2.45, 2.75) is 0 Å². The summed E-state index contributed by atoms with van der Waals surface area (Å²) < 4.78 is 2.71. The van der Waals surface area contributed by atoms with Crippen LogP contribution >= 0.6 is 50.5 Å². The Kier molecular flexibility index (Phi) is 3.77. The lowest BCUT2D eigenvalue weighted by Crippen LogP contribution is -1.94. The Morgan fingerprint density at radius 3 is 2.65 bits per heavy atom. The number of rotatable bonds is 2. The Labute approximate surface area is 138 Å². The van der Waals surface area contributed by atoms with Gasteiger partial charge in [-0.2, -0.15) is 5.10 Å². The number of hydrogen-bond donors (Lipinski definition) is 1. The molecule has 20 heavy (non-hydrogen) atoms. The molecule has 0 fully saturated rings. The van der Waals surface area contributed by atoms with Gasteiger partial charge in [-0.05, 0) is 40.2 Å². The number of hydrogen-bond acceptors (Lipinski definition) is 3. The van der Waals surface area contributed by atoms with Gasteiger partial charge >= 0.3 is 0 Å². The van der Waals surface area contributed by atoms with Crippen molar-refractivity contribution in [1.82, 2.24) is 9.78 Å². The van der Waals surface area contributed by atoms with Crippen LogP contribution in [0.4, 0.5) is 5.69 Å². The number of halogens is 3. The fourth-order valence-corrected chi connectivity index (χ4v) is 3.50. The number of thiophene rings is 1. The number of anilines is 1. The van der Waals surface area contributed by atoms with Crippen molar-refractivity contribution in [2.75, 3.05) is 5.73 Å². The van der Waals surface area contributed by atoms with E-state index in [9.17, 15) is 0 Å². The minimum Gasteiger partial charge on any atom is -0.396 e. The highest BCUT2D eigenvalue weighted by atomic mass is 79.9. The molecule has 3 nitrogen and oxygen atoms in total. The van der Waals surface area contributed by atoms with Crippen molar-refractivity contribution in [3.63, 3.8) is 0 Å². The summed E-state index contributed by atoms with van der Waals surface area (Å²) in [6.45, 7) is 0. The predicted molar refractivity (Wildman–Crippen MR) is 89.0 cm³/mol. The van der Waals surface area contributed by atoms with E-state index in [1.54, 1.807) is 34.3 Å². The molecule has 0 unspecified atom stereocenters. The maximum atomic E-state index is 6.04. The van der Waals surface area contributed by atoms with Crippen LogP contribution in [0.15, 0.2) is 40.3 Å². The van der Waals surface area contributed by atoms with Crippen LogP contribution in [0.25, 0.3) is 16.3 Å². The first-order chi connectivity index (χ1) is 9.54. The topological polar surface area (TPSA) is 43.8 Å². The summed E-state index contributed by atoms with van der Waals surface area (Å²) in [5.74, 6) is 0. The average molecular weight is 389 g/mol. The van der Waals surface area contributed by atoms with E-state index in [2.05, 4.69) is 21.0 Å². The average Bonchev–Trinajstić information content (AvgIpc) is 2.99. The van der Waals surface area contributed by atoms with Crippen molar-refractivity contribution in [3.05, 3.63) is 50.4 Å². The van der Waals surface area contributed by atoms with Gasteiger partial charge in [0, 0.05) is 9.85 Å². The molecule has 0 saturated heterocycles. The third-order valence-electron chi connectivity index (χ3n) is 2.71. The summed E-state index contributed by atoms with van der Waals surface area (Å²) in [5, 5.41) is 7.50. The first kappa shape index (κ1) is 13.9. The van der Waals surface area contributed by atoms with Gasteiger partial charge in [0.05, 0.1) is 32.5 Å². The molecule has 7 heteroatoms. The van der Waals surface area contributed by atoms with E-state index in [1.165, 1.54) is 0 Å². The van der Waals surface area contributed by atoms with Crippen LogP contribution in [-0.2, 0) is 0 Å². The van der Waals surface area contributed by atoms with Gasteiger partial charge in [-0.25, -0.2) is 4.68 Å². The maximum Gasteiger partial charge on any atom is 0.126 e. The van der Waals surface area contributed by atoms with Gasteiger partial charge in [-0.3, -0.25) is 0 Å². The lowest BCUT2D eigenvalue weighted by molar-refractivity contribution is 0.885. The molecule has 1 aromatic carbocycles. The molecule has 0 aliphatic heterocycles. The lowest BCUT2D eigenvalue weighted by Gasteiger charge is -2.02. The standard InChI is InChI=1S/C13H8BrCl2N3S/c14-7-3-12(20-6-7)13-11(17)5-19(18-13)8-1-2-9(15)10(16)4-8/h1-6H,17H2. The Morgan fingerprint density at radius 1 is 1.20 bits per heavy atom. The molecule has 3 rings (SSSR count). The molecule has 2 N–H and O–H groups in total. The van der Waals surface area contributed by atoms with Gasteiger partial charge < -0.3 is 5.73 Å². The first-order valence-electron chi connectivity index (χ1n) is 5.59. The molecular formula is C13H8BrCl2N3S. The smallest absolute Gasteiger partial charge is 0.126 e. The molecule has 0 atom stereocenters. The zero-order valence-corrected chi connectivity index (χ0v) is 13.9. The van der Waals surface area contributed by atoms with Crippen molar-refractivity contribution in [1.29, 1.82) is 0 Å². The van der Waals surface area contributed by atoms with E-state index in [0.29, 0.717) is 15.7 Å². The highest BCUT2D eigenvalue weighted by Crippen LogP contribution is 2.33. The van der Waals surface area contributed by atoms with Crippen LogP contribution in [0, 0.1) is 0 Å².